The standard InChI is InChI=1S/C16H22N2O3/c1-2-21-16(20)11-18(14-7-8-14)15(19)9-6-12-4-3-5-13(17)10-12/h3-5,10,14H,2,6-9,11,17H2,1H3. The Morgan fingerprint density at radius 1 is 1.38 bits per heavy atom. The molecule has 0 unspecified atom stereocenters. The van der Waals surface area contributed by atoms with Gasteiger partial charge in [0.15, 0.2) is 0 Å². The van der Waals surface area contributed by atoms with Crippen molar-refractivity contribution in [2.75, 3.05) is 18.9 Å². The van der Waals surface area contributed by atoms with Crippen LogP contribution in [0.2, 0.25) is 0 Å². The molecule has 1 aromatic rings. The molecule has 0 atom stereocenters. The minimum absolute atomic E-state index is 0.00739. The number of anilines is 1. The Hall–Kier alpha value is -2.04. The van der Waals surface area contributed by atoms with Gasteiger partial charge in [0.05, 0.1) is 6.61 Å². The number of carbonyl (C=O) groups is 2. The van der Waals surface area contributed by atoms with Gasteiger partial charge in [0.1, 0.15) is 6.54 Å². The lowest BCUT2D eigenvalue weighted by molar-refractivity contribution is -0.149. The number of esters is 1. The van der Waals surface area contributed by atoms with Crippen molar-refractivity contribution in [2.45, 2.75) is 38.6 Å². The van der Waals surface area contributed by atoms with Crippen LogP contribution in [-0.4, -0.2) is 36.0 Å². The summed E-state index contributed by atoms with van der Waals surface area (Å²) < 4.78 is 4.93. The van der Waals surface area contributed by atoms with Gasteiger partial charge >= 0.3 is 5.97 Å². The summed E-state index contributed by atoms with van der Waals surface area (Å²) in [6.45, 7) is 2.17. The van der Waals surface area contributed by atoms with E-state index in [1.807, 2.05) is 24.3 Å². The highest BCUT2D eigenvalue weighted by Gasteiger charge is 2.33. The predicted octanol–water partition coefficient (Wildman–Crippen LogP) is 1.76. The first-order valence-electron chi connectivity index (χ1n) is 7.39. The fraction of sp³-hybridized carbons (Fsp3) is 0.500. The largest absolute Gasteiger partial charge is 0.465 e. The highest BCUT2D eigenvalue weighted by atomic mass is 16.5. The molecule has 0 aliphatic heterocycles. The Morgan fingerprint density at radius 2 is 2.14 bits per heavy atom. The number of nitrogens with two attached hydrogens (primary N) is 1. The first-order chi connectivity index (χ1) is 10.1. The topological polar surface area (TPSA) is 72.6 Å². The van der Waals surface area contributed by atoms with Crippen molar-refractivity contribution in [3.63, 3.8) is 0 Å². The van der Waals surface area contributed by atoms with Crippen LogP contribution in [0.4, 0.5) is 5.69 Å². The molecular weight excluding hydrogens is 268 g/mol. The minimum atomic E-state index is -0.332. The third-order valence-electron chi connectivity index (χ3n) is 3.49. The number of rotatable bonds is 7. The summed E-state index contributed by atoms with van der Waals surface area (Å²) in [4.78, 5) is 25.5. The van der Waals surface area contributed by atoms with Crippen molar-refractivity contribution in [3.8, 4) is 0 Å². The highest BCUT2D eigenvalue weighted by Crippen LogP contribution is 2.27. The highest BCUT2D eigenvalue weighted by molar-refractivity contribution is 5.82. The van der Waals surface area contributed by atoms with Crippen LogP contribution in [0.15, 0.2) is 24.3 Å². The monoisotopic (exact) mass is 290 g/mol. The third kappa shape index (κ3) is 4.77. The Bertz CT molecular complexity index is 512. The molecule has 1 fully saturated rings. The fourth-order valence-electron chi connectivity index (χ4n) is 2.30. The molecule has 5 nitrogen and oxygen atoms in total. The third-order valence-corrected chi connectivity index (χ3v) is 3.49. The summed E-state index contributed by atoms with van der Waals surface area (Å²) in [5, 5.41) is 0. The van der Waals surface area contributed by atoms with E-state index in [9.17, 15) is 9.59 Å². The van der Waals surface area contributed by atoms with Crippen molar-refractivity contribution >= 4 is 17.6 Å². The number of nitrogen functional groups attached to an aromatic ring is 1. The molecule has 0 heterocycles. The van der Waals surface area contributed by atoms with Crippen LogP contribution in [0.5, 0.6) is 0 Å². The zero-order valence-corrected chi connectivity index (χ0v) is 12.4. The maximum Gasteiger partial charge on any atom is 0.325 e. The number of aryl methyl sites for hydroxylation is 1. The van der Waals surface area contributed by atoms with Gasteiger partial charge in [-0.3, -0.25) is 9.59 Å². The molecule has 0 bridgehead atoms. The van der Waals surface area contributed by atoms with E-state index in [2.05, 4.69) is 0 Å². The number of hydrogen-bond acceptors (Lipinski definition) is 4. The van der Waals surface area contributed by atoms with E-state index in [4.69, 9.17) is 10.5 Å². The van der Waals surface area contributed by atoms with Crippen LogP contribution in [-0.2, 0) is 20.7 Å². The minimum Gasteiger partial charge on any atom is -0.465 e. The lowest BCUT2D eigenvalue weighted by Crippen LogP contribution is -2.38. The molecule has 0 saturated heterocycles. The molecule has 2 N–H and O–H groups in total. The zero-order valence-electron chi connectivity index (χ0n) is 12.4. The van der Waals surface area contributed by atoms with Crippen LogP contribution in [0.1, 0.15) is 31.7 Å². The molecule has 0 aromatic heterocycles. The maximum atomic E-state index is 12.3. The van der Waals surface area contributed by atoms with Crippen LogP contribution in [0.25, 0.3) is 0 Å². The molecule has 114 valence electrons. The average molecular weight is 290 g/mol. The number of ether oxygens (including phenoxy) is 1. The van der Waals surface area contributed by atoms with Crippen LogP contribution in [0.3, 0.4) is 0 Å². The molecule has 0 radical (unpaired) electrons. The van der Waals surface area contributed by atoms with Crippen molar-refractivity contribution in [1.29, 1.82) is 0 Å². The molecule has 2 rings (SSSR count). The van der Waals surface area contributed by atoms with Crippen molar-refractivity contribution in [3.05, 3.63) is 29.8 Å². The van der Waals surface area contributed by atoms with E-state index in [0.29, 0.717) is 25.1 Å². The molecule has 1 aromatic carbocycles. The van der Waals surface area contributed by atoms with E-state index < -0.39 is 0 Å². The summed E-state index contributed by atoms with van der Waals surface area (Å²) in [6, 6.07) is 7.74. The molecule has 1 aliphatic rings. The molecular formula is C16H22N2O3. The quantitative estimate of drug-likeness (QED) is 0.613. The van der Waals surface area contributed by atoms with Crippen molar-refractivity contribution < 1.29 is 14.3 Å². The maximum absolute atomic E-state index is 12.3. The Labute approximate surface area is 125 Å². The van der Waals surface area contributed by atoms with Crippen LogP contribution >= 0.6 is 0 Å². The van der Waals surface area contributed by atoms with Gasteiger partial charge < -0.3 is 15.4 Å². The number of hydrogen-bond donors (Lipinski definition) is 1. The number of nitrogens with zero attached hydrogens (tertiary/aromatic N) is 1. The SMILES string of the molecule is CCOC(=O)CN(C(=O)CCc1cccc(N)c1)C1CC1. The van der Waals surface area contributed by atoms with Gasteiger partial charge in [0.25, 0.3) is 0 Å². The van der Waals surface area contributed by atoms with Gasteiger partial charge in [0.2, 0.25) is 5.91 Å². The van der Waals surface area contributed by atoms with Gasteiger partial charge in [-0.2, -0.15) is 0 Å². The summed E-state index contributed by atoms with van der Waals surface area (Å²) in [7, 11) is 0. The second-order valence-electron chi connectivity index (χ2n) is 5.30. The fourth-order valence-corrected chi connectivity index (χ4v) is 2.30. The van der Waals surface area contributed by atoms with Crippen molar-refractivity contribution in [1.82, 2.24) is 4.90 Å². The first kappa shape index (κ1) is 15.4. The molecule has 0 spiro atoms. The average Bonchev–Trinajstić information content (AvgIpc) is 3.27. The van der Waals surface area contributed by atoms with Crippen LogP contribution in [0, 0.1) is 0 Å². The molecule has 5 heteroatoms. The lowest BCUT2D eigenvalue weighted by Gasteiger charge is -2.21. The molecule has 1 aliphatic carbocycles. The van der Waals surface area contributed by atoms with E-state index in [1.165, 1.54) is 0 Å². The number of benzene rings is 1. The van der Waals surface area contributed by atoms with E-state index in [-0.39, 0.29) is 24.5 Å². The summed E-state index contributed by atoms with van der Waals surface area (Å²) in [5.41, 5.74) is 7.46. The molecule has 21 heavy (non-hydrogen) atoms. The number of amides is 1. The summed E-state index contributed by atoms with van der Waals surface area (Å²) in [5.74, 6) is -0.324. The second-order valence-corrected chi connectivity index (χ2v) is 5.30. The lowest BCUT2D eigenvalue weighted by atomic mass is 10.1. The van der Waals surface area contributed by atoms with Gasteiger partial charge in [-0.15, -0.1) is 0 Å². The van der Waals surface area contributed by atoms with Gasteiger partial charge in [-0.1, -0.05) is 12.1 Å². The van der Waals surface area contributed by atoms with Gasteiger partial charge in [0, 0.05) is 18.2 Å². The number of carbonyl (C=O) groups excluding carboxylic acids is 2. The Balaban J connectivity index is 1.88. The second kappa shape index (κ2) is 7.11. The van der Waals surface area contributed by atoms with Crippen molar-refractivity contribution in [2.24, 2.45) is 0 Å². The Kier molecular flexibility index (Phi) is 5.20. The summed E-state index contributed by atoms with van der Waals surface area (Å²) in [6.07, 6.45) is 2.97. The van der Waals surface area contributed by atoms with Gasteiger partial charge in [-0.25, -0.2) is 0 Å². The predicted molar refractivity (Wildman–Crippen MR) is 80.5 cm³/mol. The smallest absolute Gasteiger partial charge is 0.325 e. The molecule has 1 saturated carbocycles. The van der Waals surface area contributed by atoms with E-state index >= 15 is 0 Å². The summed E-state index contributed by atoms with van der Waals surface area (Å²) >= 11 is 0. The van der Waals surface area contributed by atoms with Crippen LogP contribution < -0.4 is 5.73 Å². The van der Waals surface area contributed by atoms with Gasteiger partial charge in [-0.05, 0) is 43.9 Å². The first-order valence-corrected chi connectivity index (χ1v) is 7.39. The molecule has 1 amide bonds. The zero-order chi connectivity index (χ0) is 15.2. The van der Waals surface area contributed by atoms with E-state index in [1.54, 1.807) is 11.8 Å². The van der Waals surface area contributed by atoms with E-state index in [0.717, 1.165) is 18.4 Å². The normalized spacial score (nSPS) is 13.8. The Morgan fingerprint density at radius 3 is 2.76 bits per heavy atom.